The van der Waals surface area contributed by atoms with E-state index in [0.717, 1.165) is 107 Å². The smallest absolute Gasteiger partial charge is 0.416 e. The van der Waals surface area contributed by atoms with Gasteiger partial charge in [-0.1, -0.05) is 13.8 Å². The molecule has 0 atom stereocenters. The lowest BCUT2D eigenvalue weighted by Crippen LogP contribution is -2.53. The molecule has 2 fully saturated rings. The van der Waals surface area contributed by atoms with Crippen LogP contribution in [0.25, 0.3) is 35.2 Å². The molecular formula is C38H48F6N12O3. The Bertz CT molecular complexity index is 2050. The molecule has 2 aliphatic heterocycles. The van der Waals surface area contributed by atoms with Crippen LogP contribution in [0.4, 0.5) is 26.3 Å². The van der Waals surface area contributed by atoms with Crippen LogP contribution in [0.3, 0.4) is 0 Å². The SMILES string of the molecule is CCN1CCN(N)CC1.CCN1CCN(NC(=O)/C=C\n2cnc(-c3cc(C)cc(C(F)(F)F)c3)n2)CC1.Cc1cc(-c2ncn(/C=C\C(=O)O)n2)cc(C(F)(F)F)c1. The summed E-state index contributed by atoms with van der Waals surface area (Å²) >= 11 is 0. The van der Waals surface area contributed by atoms with Crippen molar-refractivity contribution in [2.75, 3.05) is 65.4 Å². The molecule has 0 unspecified atom stereocenters. The molecule has 2 aromatic heterocycles. The summed E-state index contributed by atoms with van der Waals surface area (Å²) < 4.78 is 79.7. The maximum atomic E-state index is 13.0. The second-order valence-electron chi connectivity index (χ2n) is 13.6. The van der Waals surface area contributed by atoms with Crippen LogP contribution >= 0.6 is 0 Å². The minimum atomic E-state index is -4.45. The Balaban J connectivity index is 0.000000222. The number of nitrogens with two attached hydrogens (primary N) is 1. The van der Waals surface area contributed by atoms with E-state index >= 15 is 0 Å². The fourth-order valence-corrected chi connectivity index (χ4v) is 5.84. The molecular weight excluding hydrogens is 786 g/mol. The number of carbonyl (C=O) groups excluding carboxylic acids is 1. The molecule has 59 heavy (non-hydrogen) atoms. The molecule has 0 saturated carbocycles. The maximum Gasteiger partial charge on any atom is 0.416 e. The van der Waals surface area contributed by atoms with Gasteiger partial charge >= 0.3 is 18.3 Å². The number of nitrogens with zero attached hydrogens (tertiary/aromatic N) is 10. The van der Waals surface area contributed by atoms with E-state index in [1.165, 1.54) is 35.7 Å². The summed E-state index contributed by atoms with van der Waals surface area (Å²) in [5.41, 5.74) is 2.64. The van der Waals surface area contributed by atoms with Gasteiger partial charge in [-0.2, -0.15) is 26.3 Å². The van der Waals surface area contributed by atoms with Crippen molar-refractivity contribution in [3.05, 3.63) is 83.5 Å². The topological polar surface area (TPSA) is 167 Å². The lowest BCUT2D eigenvalue weighted by Gasteiger charge is -2.33. The highest BCUT2D eigenvalue weighted by molar-refractivity contribution is 5.89. The van der Waals surface area contributed by atoms with Gasteiger partial charge in [-0.15, -0.1) is 10.2 Å². The van der Waals surface area contributed by atoms with Gasteiger partial charge in [-0.25, -0.2) is 34.1 Å². The third-order valence-corrected chi connectivity index (χ3v) is 9.03. The van der Waals surface area contributed by atoms with Crippen molar-refractivity contribution in [3.8, 4) is 22.8 Å². The van der Waals surface area contributed by atoms with Gasteiger partial charge in [0.1, 0.15) is 12.7 Å². The average molecular weight is 835 g/mol. The Labute approximate surface area is 337 Å². The third-order valence-electron chi connectivity index (χ3n) is 9.03. The van der Waals surface area contributed by atoms with Crippen molar-refractivity contribution >= 4 is 24.3 Å². The summed E-state index contributed by atoms with van der Waals surface area (Å²) in [6, 6.07) is 7.18. The maximum absolute atomic E-state index is 13.0. The summed E-state index contributed by atoms with van der Waals surface area (Å²) in [4.78, 5) is 35.1. The summed E-state index contributed by atoms with van der Waals surface area (Å²) in [7, 11) is 0. The van der Waals surface area contributed by atoms with Crippen molar-refractivity contribution < 1.29 is 41.0 Å². The summed E-state index contributed by atoms with van der Waals surface area (Å²) in [6.45, 7) is 17.1. The van der Waals surface area contributed by atoms with Crippen molar-refractivity contribution in [2.45, 2.75) is 40.0 Å². The van der Waals surface area contributed by atoms with E-state index in [0.29, 0.717) is 11.1 Å². The zero-order chi connectivity index (χ0) is 43.3. The van der Waals surface area contributed by atoms with E-state index in [1.807, 2.05) is 10.0 Å². The van der Waals surface area contributed by atoms with E-state index in [1.54, 1.807) is 19.9 Å². The molecule has 4 heterocycles. The number of benzene rings is 2. The zero-order valence-electron chi connectivity index (χ0n) is 33.1. The molecule has 0 aliphatic carbocycles. The summed E-state index contributed by atoms with van der Waals surface area (Å²) in [6.07, 6.45) is -1.64. The van der Waals surface area contributed by atoms with Crippen LogP contribution < -0.4 is 11.3 Å². The number of hydrazine groups is 2. The Morgan fingerprint density at radius 2 is 1.12 bits per heavy atom. The normalized spacial score (nSPS) is 16.1. The lowest BCUT2D eigenvalue weighted by molar-refractivity contribution is -0.138. The number of likely N-dealkylation sites (N-methyl/N-ethyl adjacent to an activating group) is 2. The number of carboxylic acid groups (broad SMARTS) is 1. The molecule has 0 spiro atoms. The quantitative estimate of drug-likeness (QED) is 0.121. The number of rotatable bonds is 9. The van der Waals surface area contributed by atoms with Crippen LogP contribution in [-0.2, 0) is 21.9 Å². The van der Waals surface area contributed by atoms with Crippen LogP contribution in [0, 0.1) is 13.8 Å². The Morgan fingerprint density at radius 1 is 0.695 bits per heavy atom. The van der Waals surface area contributed by atoms with Gasteiger partial charge < -0.3 is 14.9 Å². The first-order chi connectivity index (χ1) is 27.8. The number of hydrogen-bond acceptors (Lipinski definition) is 11. The molecule has 2 saturated heterocycles. The molecule has 0 bridgehead atoms. The number of alkyl halides is 6. The average Bonchev–Trinajstić information content (AvgIpc) is 3.87. The van der Waals surface area contributed by atoms with Crippen LogP contribution in [0.1, 0.15) is 36.1 Å². The first-order valence-electron chi connectivity index (χ1n) is 18.6. The van der Waals surface area contributed by atoms with Crippen molar-refractivity contribution in [2.24, 2.45) is 5.84 Å². The number of carboxylic acids is 1. The molecule has 320 valence electrons. The van der Waals surface area contributed by atoms with Gasteiger partial charge in [-0.05, 0) is 74.5 Å². The van der Waals surface area contributed by atoms with Crippen LogP contribution in [-0.4, -0.2) is 132 Å². The van der Waals surface area contributed by atoms with E-state index in [9.17, 15) is 35.9 Å². The number of aliphatic carboxylic acids is 1. The number of carbonyl (C=O) groups is 2. The number of aryl methyl sites for hydroxylation is 2. The standard InChI is InChI=1S/C19H23F3N6O.C13H10F3N3O2.C6H15N3/c1-3-26-6-8-27(9-7-26)24-17(29)4-5-28-13-23-18(25-28)15-10-14(2)11-16(12-15)19(20,21)22;1-8-4-9(6-10(5-8)13(14,15)16)12-17-7-19(18-12)3-2-11(20)21;1-2-8-3-5-9(7)6-4-8/h4-5,10-13H,3,6-9H2,1-2H3,(H,24,29);2-7H,1H3,(H,20,21);2-7H2,1H3/b5-4-;3-2-;. The van der Waals surface area contributed by atoms with Crippen molar-refractivity contribution in [3.63, 3.8) is 0 Å². The highest BCUT2D eigenvalue weighted by atomic mass is 19.4. The molecule has 0 radical (unpaired) electrons. The van der Waals surface area contributed by atoms with Gasteiger partial charge in [0, 0.05) is 88.0 Å². The van der Waals surface area contributed by atoms with E-state index < -0.39 is 29.4 Å². The summed E-state index contributed by atoms with van der Waals surface area (Å²) in [5, 5.41) is 20.3. The van der Waals surface area contributed by atoms with Gasteiger partial charge in [0.25, 0.3) is 5.91 Å². The fourth-order valence-electron chi connectivity index (χ4n) is 5.84. The number of hydrogen-bond donors (Lipinski definition) is 3. The van der Waals surface area contributed by atoms with Gasteiger partial charge in [-0.3, -0.25) is 16.1 Å². The zero-order valence-corrected chi connectivity index (χ0v) is 33.1. The molecule has 21 heteroatoms. The lowest BCUT2D eigenvalue weighted by atomic mass is 10.1. The number of aromatic nitrogens is 6. The largest absolute Gasteiger partial charge is 0.478 e. The Hall–Kier alpha value is -5.48. The Morgan fingerprint density at radius 3 is 1.53 bits per heavy atom. The predicted octanol–water partition coefficient (Wildman–Crippen LogP) is 4.74. The van der Waals surface area contributed by atoms with E-state index in [4.69, 9.17) is 10.9 Å². The highest BCUT2D eigenvalue weighted by Crippen LogP contribution is 2.33. The Kier molecular flexibility index (Phi) is 16.4. The number of amides is 1. The molecule has 4 aromatic rings. The minimum Gasteiger partial charge on any atom is -0.478 e. The van der Waals surface area contributed by atoms with E-state index in [-0.39, 0.29) is 28.7 Å². The highest BCUT2D eigenvalue weighted by Gasteiger charge is 2.32. The monoisotopic (exact) mass is 834 g/mol. The van der Waals surface area contributed by atoms with Crippen molar-refractivity contribution in [1.82, 2.24) is 54.8 Å². The number of nitrogens with one attached hydrogen (secondary N) is 1. The van der Waals surface area contributed by atoms with Crippen LogP contribution in [0.5, 0.6) is 0 Å². The number of piperazine rings is 2. The first kappa shape index (κ1) is 46.2. The van der Waals surface area contributed by atoms with Gasteiger partial charge in [0.15, 0.2) is 11.6 Å². The molecule has 2 aliphatic rings. The van der Waals surface area contributed by atoms with Gasteiger partial charge in [0.2, 0.25) is 0 Å². The first-order valence-corrected chi connectivity index (χ1v) is 18.6. The van der Waals surface area contributed by atoms with Gasteiger partial charge in [0.05, 0.1) is 11.1 Å². The molecule has 15 nitrogen and oxygen atoms in total. The molecule has 1 amide bonds. The molecule has 2 aromatic carbocycles. The third kappa shape index (κ3) is 15.0. The van der Waals surface area contributed by atoms with Crippen molar-refractivity contribution in [1.29, 1.82) is 0 Å². The molecule has 6 rings (SSSR count). The second kappa shape index (κ2) is 21.0. The molecule has 4 N–H and O–H groups in total. The predicted molar refractivity (Wildman–Crippen MR) is 208 cm³/mol. The van der Waals surface area contributed by atoms with E-state index in [2.05, 4.69) is 49.2 Å². The minimum absolute atomic E-state index is 0.0826. The fraction of sp³-hybridized carbons (Fsp3) is 0.421. The summed E-state index contributed by atoms with van der Waals surface area (Å²) in [5.74, 6) is 4.33. The number of halogens is 6. The van der Waals surface area contributed by atoms with Crippen LogP contribution in [0.2, 0.25) is 0 Å². The van der Waals surface area contributed by atoms with Crippen LogP contribution in [0.15, 0.2) is 61.2 Å². The second-order valence-corrected chi connectivity index (χ2v) is 13.6.